The smallest absolute Gasteiger partial charge is 0.406 e. The summed E-state index contributed by atoms with van der Waals surface area (Å²) >= 11 is 0. The molecule has 2 aromatic rings. The summed E-state index contributed by atoms with van der Waals surface area (Å²) in [6.45, 7) is 0.602. The van der Waals surface area contributed by atoms with E-state index in [2.05, 4.69) is 20.2 Å². The second-order valence-electron chi connectivity index (χ2n) is 6.42. The molecule has 1 aromatic heterocycles. The third kappa shape index (κ3) is 4.98. The Morgan fingerprint density at radius 2 is 2.07 bits per heavy atom. The molecule has 1 aliphatic rings. The molecular formula is C17H19F3N4O4. The van der Waals surface area contributed by atoms with E-state index in [1.807, 2.05) is 11.9 Å². The van der Waals surface area contributed by atoms with Crippen molar-refractivity contribution in [1.29, 1.82) is 0 Å². The zero-order valence-electron chi connectivity index (χ0n) is 15.2. The van der Waals surface area contributed by atoms with Gasteiger partial charge in [0.25, 0.3) is 0 Å². The van der Waals surface area contributed by atoms with E-state index in [0.717, 1.165) is 0 Å². The second-order valence-corrected chi connectivity index (χ2v) is 6.42. The summed E-state index contributed by atoms with van der Waals surface area (Å²) in [5, 5.41) is 6.77. The van der Waals surface area contributed by atoms with E-state index in [0.29, 0.717) is 24.4 Å². The number of halogens is 3. The molecule has 1 N–H and O–H groups in total. The number of aromatic nitrogens is 2. The third-order valence-corrected chi connectivity index (χ3v) is 4.26. The van der Waals surface area contributed by atoms with Crippen LogP contribution in [0.4, 0.5) is 13.2 Å². The Bertz CT molecular complexity index is 809. The molecule has 1 saturated heterocycles. The minimum absolute atomic E-state index is 0.0103. The van der Waals surface area contributed by atoms with Gasteiger partial charge in [0, 0.05) is 25.3 Å². The fraction of sp³-hybridized carbons (Fsp3) is 0.471. The molecule has 1 amide bonds. The Morgan fingerprint density at radius 3 is 2.71 bits per heavy atom. The van der Waals surface area contributed by atoms with Gasteiger partial charge in [0.05, 0.1) is 6.04 Å². The van der Waals surface area contributed by atoms with E-state index in [1.165, 1.54) is 31.4 Å². The first-order valence-corrected chi connectivity index (χ1v) is 8.43. The number of methoxy groups -OCH3 is 1. The van der Waals surface area contributed by atoms with Crippen LogP contribution in [-0.4, -0.2) is 60.7 Å². The zero-order chi connectivity index (χ0) is 20.3. The number of ether oxygens (including phenoxy) is 2. The van der Waals surface area contributed by atoms with E-state index in [9.17, 15) is 18.0 Å². The van der Waals surface area contributed by atoms with Gasteiger partial charge < -0.3 is 19.3 Å². The van der Waals surface area contributed by atoms with Gasteiger partial charge in [-0.25, -0.2) is 0 Å². The topological polar surface area (TPSA) is 89.7 Å². The number of amides is 1. The maximum Gasteiger partial charge on any atom is 0.573 e. The number of nitrogens with zero attached hydrogens (tertiary/aromatic N) is 3. The number of benzene rings is 1. The van der Waals surface area contributed by atoms with Crippen LogP contribution >= 0.6 is 0 Å². The first-order valence-electron chi connectivity index (χ1n) is 8.43. The molecule has 0 bridgehead atoms. The van der Waals surface area contributed by atoms with Crippen molar-refractivity contribution in [2.24, 2.45) is 0 Å². The van der Waals surface area contributed by atoms with Gasteiger partial charge in [0.2, 0.25) is 17.6 Å². The Balaban J connectivity index is 1.66. The van der Waals surface area contributed by atoms with Crippen molar-refractivity contribution in [3.8, 4) is 17.1 Å². The molecule has 2 heterocycles. The molecule has 0 radical (unpaired) electrons. The number of likely N-dealkylation sites (tertiary alicyclic amines) is 1. The van der Waals surface area contributed by atoms with E-state index in [-0.39, 0.29) is 36.2 Å². The highest BCUT2D eigenvalue weighted by atomic mass is 19.4. The van der Waals surface area contributed by atoms with E-state index < -0.39 is 6.36 Å². The van der Waals surface area contributed by atoms with Crippen LogP contribution in [0.1, 0.15) is 18.4 Å². The lowest BCUT2D eigenvalue weighted by molar-refractivity contribution is -0.274. The summed E-state index contributed by atoms with van der Waals surface area (Å²) in [6, 6.07) is 4.95. The average Bonchev–Trinajstić information content (AvgIpc) is 3.21. The number of rotatable bonds is 6. The van der Waals surface area contributed by atoms with Crippen LogP contribution < -0.4 is 10.1 Å². The minimum atomic E-state index is -4.75. The SMILES string of the molecule is COCC(=O)NC1CC(c2nc(-c3ccc(OC(F)(F)F)cc3)no2)N(C)C1. The summed E-state index contributed by atoms with van der Waals surface area (Å²) in [4.78, 5) is 18.0. The Kier molecular flexibility index (Phi) is 5.84. The fourth-order valence-electron chi connectivity index (χ4n) is 3.09. The normalized spacial score (nSPS) is 20.3. The minimum Gasteiger partial charge on any atom is -0.406 e. The van der Waals surface area contributed by atoms with Gasteiger partial charge in [-0.1, -0.05) is 5.16 Å². The van der Waals surface area contributed by atoms with Gasteiger partial charge in [-0.15, -0.1) is 13.2 Å². The van der Waals surface area contributed by atoms with Crippen molar-refractivity contribution in [2.75, 3.05) is 27.3 Å². The highest BCUT2D eigenvalue weighted by Gasteiger charge is 2.35. The van der Waals surface area contributed by atoms with Crippen LogP contribution in [0.5, 0.6) is 5.75 Å². The number of carbonyl (C=O) groups is 1. The van der Waals surface area contributed by atoms with Crippen molar-refractivity contribution < 1.29 is 32.0 Å². The molecule has 0 saturated carbocycles. The maximum atomic E-state index is 12.2. The van der Waals surface area contributed by atoms with Crippen molar-refractivity contribution in [1.82, 2.24) is 20.4 Å². The lowest BCUT2D eigenvalue weighted by atomic mass is 10.1. The van der Waals surface area contributed by atoms with Crippen LogP contribution in [0.15, 0.2) is 28.8 Å². The molecule has 2 unspecified atom stereocenters. The number of alkyl halides is 3. The summed E-state index contributed by atoms with van der Waals surface area (Å²) in [7, 11) is 3.32. The van der Waals surface area contributed by atoms with Gasteiger partial charge in [0.1, 0.15) is 12.4 Å². The molecule has 1 aliphatic heterocycles. The molecular weight excluding hydrogens is 381 g/mol. The molecule has 3 rings (SSSR count). The number of likely N-dealkylation sites (N-methyl/N-ethyl adjacent to an activating group) is 1. The van der Waals surface area contributed by atoms with Crippen molar-refractivity contribution >= 4 is 5.91 Å². The second kappa shape index (κ2) is 8.15. The third-order valence-electron chi connectivity index (χ3n) is 4.26. The Hall–Kier alpha value is -2.66. The average molecular weight is 400 g/mol. The quantitative estimate of drug-likeness (QED) is 0.795. The number of hydrogen-bond acceptors (Lipinski definition) is 7. The van der Waals surface area contributed by atoms with Crippen LogP contribution in [0.2, 0.25) is 0 Å². The van der Waals surface area contributed by atoms with Crippen molar-refractivity contribution in [3.05, 3.63) is 30.2 Å². The summed E-state index contributed by atoms with van der Waals surface area (Å²) in [5.74, 6) is 0.101. The lowest BCUT2D eigenvalue weighted by Gasteiger charge is -2.14. The van der Waals surface area contributed by atoms with Crippen LogP contribution in [-0.2, 0) is 9.53 Å². The van der Waals surface area contributed by atoms with E-state index >= 15 is 0 Å². The molecule has 0 aliphatic carbocycles. The number of nitrogens with one attached hydrogen (secondary N) is 1. The maximum absolute atomic E-state index is 12.2. The summed E-state index contributed by atoms with van der Waals surface area (Å²) in [5.41, 5.74) is 0.495. The molecule has 0 spiro atoms. The van der Waals surface area contributed by atoms with E-state index in [4.69, 9.17) is 9.26 Å². The molecule has 8 nitrogen and oxygen atoms in total. The largest absolute Gasteiger partial charge is 0.573 e. The predicted octanol–water partition coefficient (Wildman–Crippen LogP) is 2.14. The summed E-state index contributed by atoms with van der Waals surface area (Å²) in [6.07, 6.45) is -4.16. The number of carbonyl (C=O) groups excluding carboxylic acids is 1. The monoisotopic (exact) mass is 400 g/mol. The highest BCUT2D eigenvalue weighted by molar-refractivity contribution is 5.77. The molecule has 1 aromatic carbocycles. The molecule has 1 fully saturated rings. The Labute approximate surface area is 158 Å². The molecule has 28 heavy (non-hydrogen) atoms. The van der Waals surface area contributed by atoms with Crippen LogP contribution in [0, 0.1) is 0 Å². The summed E-state index contributed by atoms with van der Waals surface area (Å²) < 4.78 is 50.7. The van der Waals surface area contributed by atoms with Gasteiger partial charge in [-0.3, -0.25) is 9.69 Å². The van der Waals surface area contributed by atoms with Crippen molar-refractivity contribution in [2.45, 2.75) is 24.9 Å². The van der Waals surface area contributed by atoms with Gasteiger partial charge in [0.15, 0.2) is 0 Å². The van der Waals surface area contributed by atoms with Crippen molar-refractivity contribution in [3.63, 3.8) is 0 Å². The molecule has 152 valence electrons. The van der Waals surface area contributed by atoms with Crippen LogP contribution in [0.3, 0.4) is 0 Å². The van der Waals surface area contributed by atoms with Crippen LogP contribution in [0.25, 0.3) is 11.4 Å². The zero-order valence-corrected chi connectivity index (χ0v) is 15.2. The van der Waals surface area contributed by atoms with Gasteiger partial charge >= 0.3 is 6.36 Å². The lowest BCUT2D eigenvalue weighted by Crippen LogP contribution is -2.38. The first-order chi connectivity index (χ1) is 13.2. The van der Waals surface area contributed by atoms with E-state index in [1.54, 1.807) is 0 Å². The molecule has 2 atom stereocenters. The predicted molar refractivity (Wildman–Crippen MR) is 90.2 cm³/mol. The molecule has 11 heteroatoms. The highest BCUT2D eigenvalue weighted by Crippen LogP contribution is 2.31. The number of hydrogen-bond donors (Lipinski definition) is 1. The van der Waals surface area contributed by atoms with Gasteiger partial charge in [-0.05, 0) is 37.7 Å². The fourth-order valence-corrected chi connectivity index (χ4v) is 3.09. The first kappa shape index (κ1) is 20.1. The van der Waals surface area contributed by atoms with Gasteiger partial charge in [-0.2, -0.15) is 4.98 Å². The Morgan fingerprint density at radius 1 is 1.36 bits per heavy atom. The standard InChI is InChI=1S/C17H19F3N4O4/c1-24-8-11(21-14(25)9-26-2)7-13(24)16-22-15(23-28-16)10-3-5-12(6-4-10)27-17(18,19)20/h3-6,11,13H,7-9H2,1-2H3,(H,21,25).